The average Bonchev–Trinajstić information content (AvgIpc) is 3.03. The second kappa shape index (κ2) is 3.29. The van der Waals surface area contributed by atoms with Gasteiger partial charge in [-0.25, -0.2) is 0 Å². The van der Waals surface area contributed by atoms with E-state index in [1.54, 1.807) is 4.90 Å². The van der Waals surface area contributed by atoms with E-state index in [4.69, 9.17) is 4.74 Å². The van der Waals surface area contributed by atoms with Gasteiger partial charge in [-0.05, 0) is 26.7 Å². The number of carbonyl (C=O) groups is 2. The van der Waals surface area contributed by atoms with E-state index in [0.29, 0.717) is 0 Å². The molecule has 4 aliphatic rings. The molecular formula is C15H19NO3. The van der Waals surface area contributed by atoms with Crippen LogP contribution in [0.5, 0.6) is 0 Å². The zero-order chi connectivity index (χ0) is 13.4. The van der Waals surface area contributed by atoms with Crippen molar-refractivity contribution in [2.45, 2.75) is 56.8 Å². The zero-order valence-electron chi connectivity index (χ0n) is 11.4. The predicted octanol–water partition coefficient (Wildman–Crippen LogP) is 1.65. The second-order valence-electron chi connectivity index (χ2n) is 6.74. The number of nitrogens with zero attached hydrogens (tertiary/aromatic N) is 1. The Labute approximate surface area is 112 Å². The van der Waals surface area contributed by atoms with E-state index in [1.165, 1.54) is 0 Å². The number of imide groups is 1. The third kappa shape index (κ3) is 1.23. The lowest BCUT2D eigenvalue weighted by Gasteiger charge is -2.28. The summed E-state index contributed by atoms with van der Waals surface area (Å²) >= 11 is 0. The lowest BCUT2D eigenvalue weighted by Crippen LogP contribution is -2.44. The van der Waals surface area contributed by atoms with E-state index in [0.717, 1.165) is 25.7 Å². The summed E-state index contributed by atoms with van der Waals surface area (Å²) in [7, 11) is 0. The Morgan fingerprint density at radius 2 is 1.53 bits per heavy atom. The fraction of sp³-hybridized carbons (Fsp3) is 0.733. The Balaban J connectivity index is 1.75. The van der Waals surface area contributed by atoms with Gasteiger partial charge in [-0.1, -0.05) is 25.0 Å². The molecule has 0 aromatic rings. The van der Waals surface area contributed by atoms with Gasteiger partial charge in [-0.2, -0.15) is 0 Å². The van der Waals surface area contributed by atoms with E-state index < -0.39 is 11.2 Å². The molecule has 1 saturated carbocycles. The van der Waals surface area contributed by atoms with E-state index >= 15 is 0 Å². The fourth-order valence-corrected chi connectivity index (χ4v) is 4.58. The normalized spacial score (nSPS) is 48.6. The van der Waals surface area contributed by atoms with Crippen molar-refractivity contribution >= 4 is 11.8 Å². The van der Waals surface area contributed by atoms with Crippen LogP contribution >= 0.6 is 0 Å². The molecule has 3 aliphatic heterocycles. The van der Waals surface area contributed by atoms with Gasteiger partial charge in [0.2, 0.25) is 11.8 Å². The molecule has 0 N–H and O–H groups in total. The first-order valence-electron chi connectivity index (χ1n) is 7.24. The topological polar surface area (TPSA) is 46.6 Å². The molecule has 2 saturated heterocycles. The predicted molar refractivity (Wildman–Crippen MR) is 68.1 cm³/mol. The van der Waals surface area contributed by atoms with Gasteiger partial charge in [0.1, 0.15) is 0 Å². The molecule has 3 heterocycles. The third-order valence-electron chi connectivity index (χ3n) is 5.45. The minimum Gasteiger partial charge on any atom is -0.359 e. The molecule has 0 spiro atoms. The summed E-state index contributed by atoms with van der Waals surface area (Å²) in [4.78, 5) is 27.0. The molecule has 4 heteroatoms. The van der Waals surface area contributed by atoms with E-state index in [-0.39, 0.29) is 29.7 Å². The molecule has 19 heavy (non-hydrogen) atoms. The highest BCUT2D eigenvalue weighted by atomic mass is 16.5. The fourth-order valence-electron chi connectivity index (χ4n) is 4.58. The summed E-state index contributed by atoms with van der Waals surface area (Å²) in [5, 5.41) is 0. The number of rotatable bonds is 1. The number of likely N-dealkylation sites (tertiary alicyclic amines) is 1. The van der Waals surface area contributed by atoms with Crippen LogP contribution < -0.4 is 0 Å². The minimum absolute atomic E-state index is 0.00234. The lowest BCUT2D eigenvalue weighted by atomic mass is 9.73. The molecule has 4 rings (SSSR count). The van der Waals surface area contributed by atoms with Gasteiger partial charge in [0, 0.05) is 6.04 Å². The number of hydrogen-bond donors (Lipinski definition) is 0. The Morgan fingerprint density at radius 1 is 1.05 bits per heavy atom. The summed E-state index contributed by atoms with van der Waals surface area (Å²) in [6.45, 7) is 3.87. The number of amides is 2. The molecule has 102 valence electrons. The second-order valence-corrected chi connectivity index (χ2v) is 6.74. The van der Waals surface area contributed by atoms with Crippen LogP contribution in [0, 0.1) is 11.8 Å². The third-order valence-corrected chi connectivity index (χ3v) is 5.45. The molecule has 2 amide bonds. The van der Waals surface area contributed by atoms with Crippen molar-refractivity contribution in [2.75, 3.05) is 0 Å². The van der Waals surface area contributed by atoms with Crippen molar-refractivity contribution < 1.29 is 14.3 Å². The zero-order valence-corrected chi connectivity index (χ0v) is 11.4. The lowest BCUT2D eigenvalue weighted by molar-refractivity contribution is -0.148. The molecule has 2 bridgehead atoms. The summed E-state index contributed by atoms with van der Waals surface area (Å²) in [5.74, 6) is -0.624. The van der Waals surface area contributed by atoms with Gasteiger partial charge >= 0.3 is 0 Å². The monoisotopic (exact) mass is 261 g/mol. The highest BCUT2D eigenvalue weighted by Gasteiger charge is 2.70. The molecule has 3 fully saturated rings. The molecule has 0 aromatic heterocycles. The molecule has 1 aliphatic carbocycles. The van der Waals surface area contributed by atoms with E-state index in [2.05, 4.69) is 0 Å². The maximum Gasteiger partial charge on any atom is 0.236 e. The first kappa shape index (κ1) is 11.6. The van der Waals surface area contributed by atoms with Gasteiger partial charge in [-0.3, -0.25) is 14.5 Å². The largest absolute Gasteiger partial charge is 0.359 e. The highest BCUT2D eigenvalue weighted by Crippen LogP contribution is 2.57. The number of hydrogen-bond acceptors (Lipinski definition) is 3. The van der Waals surface area contributed by atoms with Gasteiger partial charge in [0.25, 0.3) is 0 Å². The first-order valence-corrected chi connectivity index (χ1v) is 7.24. The van der Waals surface area contributed by atoms with Gasteiger partial charge in [0.05, 0.1) is 23.0 Å². The van der Waals surface area contributed by atoms with Crippen molar-refractivity contribution in [3.05, 3.63) is 12.2 Å². The number of ether oxygens (including phenoxy) is 1. The van der Waals surface area contributed by atoms with Crippen LogP contribution in [0.2, 0.25) is 0 Å². The Kier molecular flexibility index (Phi) is 2.02. The van der Waals surface area contributed by atoms with Crippen LogP contribution in [0.4, 0.5) is 0 Å². The summed E-state index contributed by atoms with van der Waals surface area (Å²) in [6.07, 6.45) is 8.13. The minimum atomic E-state index is -0.584. The Bertz CT molecular complexity index is 472. The quantitative estimate of drug-likeness (QED) is 0.532. The molecule has 0 aromatic carbocycles. The first-order chi connectivity index (χ1) is 8.96. The standard InChI is InChI=1S/C15H19NO3/c1-14-7-8-15(2,19-14)11-10(14)12(17)16(13(11)18)9-5-3-4-6-9/h7-11H,3-6H2,1-2H3/t10-,11-,14-,15-/m1/s1. The molecule has 4 atom stereocenters. The average molecular weight is 261 g/mol. The van der Waals surface area contributed by atoms with E-state index in [9.17, 15) is 9.59 Å². The van der Waals surface area contributed by atoms with Crippen LogP contribution in [0.15, 0.2) is 12.2 Å². The SMILES string of the molecule is C[C@]12C=C[C@@](C)(O1)[C@H]1C(=O)N(C3CCCC3)C(=O)[C@@H]12. The van der Waals surface area contributed by atoms with Crippen molar-refractivity contribution in [3.8, 4) is 0 Å². The summed E-state index contributed by atoms with van der Waals surface area (Å²) in [5.41, 5.74) is -1.17. The van der Waals surface area contributed by atoms with Crippen LogP contribution in [0.25, 0.3) is 0 Å². The molecule has 0 radical (unpaired) electrons. The van der Waals surface area contributed by atoms with Crippen molar-refractivity contribution in [1.82, 2.24) is 4.90 Å². The van der Waals surface area contributed by atoms with Crippen molar-refractivity contribution in [1.29, 1.82) is 0 Å². The van der Waals surface area contributed by atoms with Gasteiger partial charge < -0.3 is 4.74 Å². The Hall–Kier alpha value is -1.16. The smallest absolute Gasteiger partial charge is 0.236 e. The van der Waals surface area contributed by atoms with Crippen LogP contribution in [-0.4, -0.2) is 34.0 Å². The summed E-state index contributed by atoms with van der Waals surface area (Å²) in [6, 6.07) is 0.136. The maximum atomic E-state index is 12.7. The van der Waals surface area contributed by atoms with Crippen LogP contribution in [-0.2, 0) is 14.3 Å². The van der Waals surface area contributed by atoms with Gasteiger partial charge in [-0.15, -0.1) is 0 Å². The van der Waals surface area contributed by atoms with Crippen molar-refractivity contribution in [3.63, 3.8) is 0 Å². The van der Waals surface area contributed by atoms with Crippen LogP contribution in [0.1, 0.15) is 39.5 Å². The maximum absolute atomic E-state index is 12.7. The number of fused-ring (bicyclic) bond motifs is 5. The highest BCUT2D eigenvalue weighted by molar-refractivity contribution is 6.07. The molecule has 0 unspecified atom stereocenters. The van der Waals surface area contributed by atoms with Crippen molar-refractivity contribution in [2.24, 2.45) is 11.8 Å². The molecule has 4 nitrogen and oxygen atoms in total. The Morgan fingerprint density at radius 3 is 2.00 bits per heavy atom. The summed E-state index contributed by atoms with van der Waals surface area (Å²) < 4.78 is 5.99. The van der Waals surface area contributed by atoms with Crippen LogP contribution in [0.3, 0.4) is 0 Å². The number of carbonyl (C=O) groups excluding carboxylic acids is 2. The van der Waals surface area contributed by atoms with E-state index in [1.807, 2.05) is 26.0 Å². The molecular weight excluding hydrogens is 242 g/mol. The van der Waals surface area contributed by atoms with Gasteiger partial charge in [0.15, 0.2) is 0 Å².